The second-order valence-corrected chi connectivity index (χ2v) is 3.24. The molecule has 76 valence electrons. The molecule has 1 aliphatic rings. The highest BCUT2D eigenvalue weighted by atomic mass is 35.5. The number of hydrogen-bond acceptors (Lipinski definition) is 2. The summed E-state index contributed by atoms with van der Waals surface area (Å²) in [6, 6.07) is 2.25. The molecule has 1 aromatic rings. The van der Waals surface area contributed by atoms with Gasteiger partial charge < -0.3 is 9.47 Å². The van der Waals surface area contributed by atoms with Crippen molar-refractivity contribution in [3.05, 3.63) is 34.4 Å². The van der Waals surface area contributed by atoms with Crippen LogP contribution >= 0.6 is 11.6 Å². The minimum absolute atomic E-state index is 0.138. The molecule has 1 aliphatic heterocycles. The summed E-state index contributed by atoms with van der Waals surface area (Å²) in [5.41, 5.74) is -0.255. The monoisotopic (exact) mass is 220 g/mol. The molecule has 0 saturated carbocycles. The van der Waals surface area contributed by atoms with Crippen LogP contribution in [0, 0.1) is 11.6 Å². The van der Waals surface area contributed by atoms with Crippen molar-refractivity contribution in [2.45, 2.75) is 6.29 Å². The van der Waals surface area contributed by atoms with Crippen LogP contribution in [-0.2, 0) is 9.47 Å². The molecule has 0 aliphatic carbocycles. The van der Waals surface area contributed by atoms with Crippen LogP contribution in [0.25, 0.3) is 0 Å². The predicted molar refractivity (Wildman–Crippen MR) is 46.0 cm³/mol. The average molecular weight is 221 g/mol. The number of halogens is 3. The van der Waals surface area contributed by atoms with E-state index in [0.29, 0.717) is 13.2 Å². The Morgan fingerprint density at radius 2 is 1.86 bits per heavy atom. The van der Waals surface area contributed by atoms with Gasteiger partial charge >= 0.3 is 0 Å². The molecule has 1 heterocycles. The summed E-state index contributed by atoms with van der Waals surface area (Å²) in [4.78, 5) is 0. The first kappa shape index (κ1) is 9.83. The summed E-state index contributed by atoms with van der Waals surface area (Å²) < 4.78 is 36.6. The lowest BCUT2D eigenvalue weighted by atomic mass is 10.2. The Balaban J connectivity index is 2.44. The molecule has 1 aromatic carbocycles. The SMILES string of the molecule is Fc1ccc(Cl)c(F)c1C1OCCO1. The summed E-state index contributed by atoms with van der Waals surface area (Å²) in [6.07, 6.45) is -0.978. The van der Waals surface area contributed by atoms with Crippen LogP contribution < -0.4 is 0 Å². The molecule has 0 amide bonds. The Labute approximate surface area is 84.4 Å². The van der Waals surface area contributed by atoms with Crippen molar-refractivity contribution in [2.24, 2.45) is 0 Å². The third-order valence-corrected chi connectivity index (χ3v) is 2.23. The molecule has 14 heavy (non-hydrogen) atoms. The van der Waals surface area contributed by atoms with E-state index < -0.39 is 17.9 Å². The molecular weight excluding hydrogens is 214 g/mol. The van der Waals surface area contributed by atoms with Gasteiger partial charge in [0.15, 0.2) is 12.1 Å². The van der Waals surface area contributed by atoms with Crippen molar-refractivity contribution in [3.63, 3.8) is 0 Å². The fourth-order valence-electron chi connectivity index (χ4n) is 1.28. The highest BCUT2D eigenvalue weighted by molar-refractivity contribution is 6.30. The van der Waals surface area contributed by atoms with Gasteiger partial charge in [0.1, 0.15) is 5.82 Å². The van der Waals surface area contributed by atoms with Crippen LogP contribution in [-0.4, -0.2) is 13.2 Å². The molecular formula is C9H7ClF2O2. The van der Waals surface area contributed by atoms with Gasteiger partial charge in [-0.3, -0.25) is 0 Å². The normalized spacial score (nSPS) is 17.6. The minimum Gasteiger partial charge on any atom is -0.346 e. The van der Waals surface area contributed by atoms with E-state index in [-0.39, 0.29) is 10.6 Å². The largest absolute Gasteiger partial charge is 0.346 e. The van der Waals surface area contributed by atoms with Crippen molar-refractivity contribution in [1.82, 2.24) is 0 Å². The highest BCUT2D eigenvalue weighted by Crippen LogP contribution is 2.31. The summed E-state index contributed by atoms with van der Waals surface area (Å²) in [5.74, 6) is -1.53. The number of hydrogen-bond donors (Lipinski definition) is 0. The van der Waals surface area contributed by atoms with Crippen LogP contribution in [0.2, 0.25) is 5.02 Å². The fraction of sp³-hybridized carbons (Fsp3) is 0.333. The first-order valence-corrected chi connectivity index (χ1v) is 4.44. The van der Waals surface area contributed by atoms with Crippen LogP contribution in [0.1, 0.15) is 11.9 Å². The summed E-state index contributed by atoms with van der Waals surface area (Å²) in [7, 11) is 0. The van der Waals surface area contributed by atoms with Gasteiger partial charge in [-0.15, -0.1) is 0 Å². The van der Waals surface area contributed by atoms with Crippen molar-refractivity contribution in [1.29, 1.82) is 0 Å². The first-order chi connectivity index (χ1) is 6.70. The lowest BCUT2D eigenvalue weighted by Crippen LogP contribution is -2.05. The molecule has 1 fully saturated rings. The highest BCUT2D eigenvalue weighted by Gasteiger charge is 2.26. The van der Waals surface area contributed by atoms with Gasteiger partial charge in [-0.05, 0) is 12.1 Å². The first-order valence-electron chi connectivity index (χ1n) is 4.07. The van der Waals surface area contributed by atoms with Crippen LogP contribution in [0.5, 0.6) is 0 Å². The molecule has 0 aromatic heterocycles. The molecule has 0 spiro atoms. The van der Waals surface area contributed by atoms with Crippen molar-refractivity contribution in [3.8, 4) is 0 Å². The van der Waals surface area contributed by atoms with Gasteiger partial charge in [-0.2, -0.15) is 0 Å². The Morgan fingerprint density at radius 1 is 1.21 bits per heavy atom. The quantitative estimate of drug-likeness (QED) is 0.678. The maximum atomic E-state index is 13.4. The molecule has 0 unspecified atom stereocenters. The van der Waals surface area contributed by atoms with Crippen LogP contribution in [0.4, 0.5) is 8.78 Å². The van der Waals surface area contributed by atoms with E-state index in [4.69, 9.17) is 21.1 Å². The molecule has 5 heteroatoms. The lowest BCUT2D eigenvalue weighted by molar-refractivity contribution is -0.0489. The molecule has 2 rings (SSSR count). The second kappa shape index (κ2) is 3.81. The zero-order valence-electron chi connectivity index (χ0n) is 7.10. The number of ether oxygens (including phenoxy) is 2. The van der Waals surface area contributed by atoms with Crippen molar-refractivity contribution in [2.75, 3.05) is 13.2 Å². The van der Waals surface area contributed by atoms with E-state index in [1.807, 2.05) is 0 Å². The molecule has 0 radical (unpaired) electrons. The van der Waals surface area contributed by atoms with Gasteiger partial charge in [-0.1, -0.05) is 11.6 Å². The van der Waals surface area contributed by atoms with E-state index in [1.54, 1.807) is 0 Å². The molecule has 2 nitrogen and oxygen atoms in total. The van der Waals surface area contributed by atoms with Gasteiger partial charge in [0.05, 0.1) is 23.8 Å². The number of rotatable bonds is 1. The van der Waals surface area contributed by atoms with Crippen LogP contribution in [0.15, 0.2) is 12.1 Å². The maximum absolute atomic E-state index is 13.4. The summed E-state index contributed by atoms with van der Waals surface area (Å²) >= 11 is 5.51. The Morgan fingerprint density at radius 3 is 2.50 bits per heavy atom. The zero-order chi connectivity index (χ0) is 10.1. The molecule has 1 saturated heterocycles. The van der Waals surface area contributed by atoms with E-state index in [1.165, 1.54) is 0 Å². The Kier molecular flexibility index (Phi) is 2.67. The summed E-state index contributed by atoms with van der Waals surface area (Å²) in [6.45, 7) is 0.659. The average Bonchev–Trinajstić information content (AvgIpc) is 2.65. The van der Waals surface area contributed by atoms with Gasteiger partial charge in [0.25, 0.3) is 0 Å². The maximum Gasteiger partial charge on any atom is 0.189 e. The van der Waals surface area contributed by atoms with E-state index in [9.17, 15) is 8.78 Å². The zero-order valence-corrected chi connectivity index (χ0v) is 7.85. The minimum atomic E-state index is -0.978. The molecule has 0 N–H and O–H groups in total. The van der Waals surface area contributed by atoms with Crippen molar-refractivity contribution < 1.29 is 18.3 Å². The van der Waals surface area contributed by atoms with Gasteiger partial charge in [0, 0.05) is 0 Å². The van der Waals surface area contributed by atoms with Gasteiger partial charge in [-0.25, -0.2) is 8.78 Å². The van der Waals surface area contributed by atoms with E-state index in [2.05, 4.69) is 0 Å². The smallest absolute Gasteiger partial charge is 0.189 e. The topological polar surface area (TPSA) is 18.5 Å². The second-order valence-electron chi connectivity index (χ2n) is 2.83. The third-order valence-electron chi connectivity index (χ3n) is 1.94. The lowest BCUT2D eigenvalue weighted by Gasteiger charge is -2.11. The van der Waals surface area contributed by atoms with Crippen molar-refractivity contribution >= 4 is 11.6 Å². The molecule has 0 atom stereocenters. The Hall–Kier alpha value is -0.710. The standard InChI is InChI=1S/C9H7ClF2O2/c10-5-1-2-6(11)7(8(5)12)9-13-3-4-14-9/h1-2,9H,3-4H2. The third kappa shape index (κ3) is 1.61. The predicted octanol–water partition coefficient (Wildman–Crippen LogP) is 2.66. The molecule has 0 bridgehead atoms. The number of benzene rings is 1. The van der Waals surface area contributed by atoms with Gasteiger partial charge in [0.2, 0.25) is 0 Å². The Bertz CT molecular complexity index is 351. The van der Waals surface area contributed by atoms with E-state index >= 15 is 0 Å². The summed E-state index contributed by atoms with van der Waals surface area (Å²) in [5, 5.41) is -0.138. The fourth-order valence-corrected chi connectivity index (χ4v) is 1.45. The van der Waals surface area contributed by atoms with E-state index in [0.717, 1.165) is 12.1 Å². The van der Waals surface area contributed by atoms with Crippen LogP contribution in [0.3, 0.4) is 0 Å².